The predicted octanol–water partition coefficient (Wildman–Crippen LogP) is 1.43. The summed E-state index contributed by atoms with van der Waals surface area (Å²) in [6.45, 7) is 1.61. The molecule has 1 aromatic heterocycles. The highest BCUT2D eigenvalue weighted by Gasteiger charge is 2.44. The van der Waals surface area contributed by atoms with Crippen LogP contribution in [-0.2, 0) is 12.8 Å². The van der Waals surface area contributed by atoms with Crippen LogP contribution in [0, 0.1) is 5.41 Å². The van der Waals surface area contributed by atoms with Gasteiger partial charge in [0.05, 0.1) is 12.7 Å². The molecule has 158 valence electrons. The predicted molar refractivity (Wildman–Crippen MR) is 113 cm³/mol. The lowest BCUT2D eigenvalue weighted by Crippen LogP contribution is -2.55. The molecular formula is C23H28N4O3. The van der Waals surface area contributed by atoms with Crippen molar-refractivity contribution in [2.24, 2.45) is 5.41 Å². The quantitative estimate of drug-likeness (QED) is 0.692. The van der Waals surface area contributed by atoms with Gasteiger partial charge in [0, 0.05) is 36.5 Å². The van der Waals surface area contributed by atoms with Gasteiger partial charge in [-0.25, -0.2) is 9.97 Å². The Balaban J connectivity index is 1.52. The Kier molecular flexibility index (Phi) is 4.95. The maximum Gasteiger partial charge on any atom is 0.270 e. The lowest BCUT2D eigenvalue weighted by molar-refractivity contribution is -0.0293. The number of carbonyl (C=O) groups is 1. The third kappa shape index (κ3) is 3.46. The second-order valence-corrected chi connectivity index (χ2v) is 8.92. The molecule has 3 aliphatic rings. The number of aromatic nitrogens is 2. The van der Waals surface area contributed by atoms with Gasteiger partial charge in [-0.05, 0) is 37.7 Å². The molecule has 0 radical (unpaired) electrons. The van der Waals surface area contributed by atoms with Crippen molar-refractivity contribution in [2.75, 3.05) is 31.1 Å². The molecule has 30 heavy (non-hydrogen) atoms. The monoisotopic (exact) mass is 408 g/mol. The van der Waals surface area contributed by atoms with E-state index in [9.17, 15) is 15.0 Å². The molecule has 7 heteroatoms. The summed E-state index contributed by atoms with van der Waals surface area (Å²) in [5.41, 5.74) is 1.81. The summed E-state index contributed by atoms with van der Waals surface area (Å²) in [6.07, 6.45) is 3.37. The third-order valence-corrected chi connectivity index (χ3v) is 6.72. The molecule has 2 aromatic rings. The zero-order chi connectivity index (χ0) is 20.7. The fourth-order valence-electron chi connectivity index (χ4n) is 4.79. The van der Waals surface area contributed by atoms with E-state index in [2.05, 4.69) is 15.2 Å². The van der Waals surface area contributed by atoms with Crippen LogP contribution in [0.5, 0.6) is 0 Å². The summed E-state index contributed by atoms with van der Waals surface area (Å²) in [7, 11) is 0. The van der Waals surface area contributed by atoms with Crippen LogP contribution in [0.2, 0.25) is 0 Å². The van der Waals surface area contributed by atoms with Gasteiger partial charge >= 0.3 is 0 Å². The van der Waals surface area contributed by atoms with E-state index in [0.29, 0.717) is 50.5 Å². The van der Waals surface area contributed by atoms with E-state index in [1.54, 1.807) is 0 Å². The van der Waals surface area contributed by atoms with Crippen molar-refractivity contribution in [1.82, 2.24) is 15.3 Å². The van der Waals surface area contributed by atoms with Gasteiger partial charge in [0.1, 0.15) is 17.3 Å². The summed E-state index contributed by atoms with van der Waals surface area (Å²) in [6, 6.07) is 10.00. The van der Waals surface area contributed by atoms with E-state index < -0.39 is 11.5 Å². The highest BCUT2D eigenvalue weighted by atomic mass is 16.3. The fourth-order valence-corrected chi connectivity index (χ4v) is 4.79. The van der Waals surface area contributed by atoms with Gasteiger partial charge in [-0.15, -0.1) is 0 Å². The number of fused-ring (bicyclic) bond motifs is 1. The highest BCUT2D eigenvalue weighted by Crippen LogP contribution is 2.41. The number of nitrogens with one attached hydrogen (secondary N) is 1. The second-order valence-electron chi connectivity index (χ2n) is 8.92. The molecule has 7 nitrogen and oxygen atoms in total. The summed E-state index contributed by atoms with van der Waals surface area (Å²) in [5.74, 6) is 1.78. The Morgan fingerprint density at radius 1 is 1.17 bits per heavy atom. The number of rotatable bonds is 5. The summed E-state index contributed by atoms with van der Waals surface area (Å²) < 4.78 is 0. The van der Waals surface area contributed by atoms with E-state index in [-0.39, 0.29) is 12.5 Å². The number of benzene rings is 1. The minimum atomic E-state index is -0.673. The molecule has 3 heterocycles. The SMILES string of the molecule is O=C1NCCc2c1nc(C1CC1)nc2N1CC[C@@H](O)[C@@](CO)(Cc2ccccc2)C1. The molecule has 1 aliphatic carbocycles. The van der Waals surface area contributed by atoms with Gasteiger partial charge in [-0.1, -0.05) is 30.3 Å². The maximum atomic E-state index is 12.5. The summed E-state index contributed by atoms with van der Waals surface area (Å²) in [4.78, 5) is 24.2. The van der Waals surface area contributed by atoms with Crippen LogP contribution in [0.4, 0.5) is 5.82 Å². The van der Waals surface area contributed by atoms with Gasteiger partial charge in [0.15, 0.2) is 0 Å². The van der Waals surface area contributed by atoms with Crippen molar-refractivity contribution < 1.29 is 15.0 Å². The Labute approximate surface area is 176 Å². The normalized spacial score (nSPS) is 26.3. The number of aliphatic hydroxyl groups excluding tert-OH is 2. The van der Waals surface area contributed by atoms with Crippen molar-refractivity contribution in [2.45, 2.75) is 44.1 Å². The smallest absolute Gasteiger partial charge is 0.270 e. The maximum absolute atomic E-state index is 12.5. The van der Waals surface area contributed by atoms with E-state index in [4.69, 9.17) is 4.98 Å². The van der Waals surface area contributed by atoms with Gasteiger partial charge < -0.3 is 20.4 Å². The molecule has 2 fully saturated rings. The van der Waals surface area contributed by atoms with Crippen LogP contribution in [0.3, 0.4) is 0 Å². The molecule has 0 spiro atoms. The molecule has 3 N–H and O–H groups in total. The zero-order valence-electron chi connectivity index (χ0n) is 17.0. The minimum Gasteiger partial charge on any atom is -0.396 e. The number of aliphatic hydroxyl groups is 2. The van der Waals surface area contributed by atoms with E-state index in [0.717, 1.165) is 35.6 Å². The number of amides is 1. The Morgan fingerprint density at radius 3 is 2.70 bits per heavy atom. The van der Waals surface area contributed by atoms with Crippen molar-refractivity contribution in [3.63, 3.8) is 0 Å². The first-order chi connectivity index (χ1) is 14.6. The molecule has 1 aromatic carbocycles. The number of piperidine rings is 1. The van der Waals surface area contributed by atoms with Crippen molar-refractivity contribution in [3.05, 3.63) is 53.0 Å². The average Bonchev–Trinajstić information content (AvgIpc) is 3.61. The van der Waals surface area contributed by atoms with Crippen molar-refractivity contribution >= 4 is 11.7 Å². The Bertz CT molecular complexity index is 947. The number of hydrogen-bond acceptors (Lipinski definition) is 6. The lowest BCUT2D eigenvalue weighted by atomic mass is 9.73. The van der Waals surface area contributed by atoms with Crippen molar-refractivity contribution in [1.29, 1.82) is 0 Å². The fraction of sp³-hybridized carbons (Fsp3) is 0.522. The van der Waals surface area contributed by atoms with Crippen LogP contribution in [0.1, 0.15) is 52.6 Å². The number of hydrogen-bond donors (Lipinski definition) is 3. The molecule has 0 bridgehead atoms. The standard InChI is InChI=1S/C23H28N4O3/c28-14-23(12-15-4-2-1-3-5-15)13-27(11-9-18(23)29)21-17-8-10-24-22(30)19(17)25-20(26-21)16-6-7-16/h1-5,16,18,28-29H,6-14H2,(H,24,30)/t18-,23+/m1/s1. The Hall–Kier alpha value is -2.51. The average molecular weight is 409 g/mol. The summed E-state index contributed by atoms with van der Waals surface area (Å²) in [5, 5.41) is 24.2. The third-order valence-electron chi connectivity index (χ3n) is 6.72. The second kappa shape index (κ2) is 7.63. The highest BCUT2D eigenvalue weighted by molar-refractivity contribution is 5.96. The van der Waals surface area contributed by atoms with E-state index >= 15 is 0 Å². The van der Waals surface area contributed by atoms with Gasteiger partial charge in [0.2, 0.25) is 0 Å². The number of carbonyl (C=O) groups excluding carboxylic acids is 1. The van der Waals surface area contributed by atoms with Crippen LogP contribution >= 0.6 is 0 Å². The molecule has 1 saturated carbocycles. The molecule has 1 amide bonds. The first-order valence-corrected chi connectivity index (χ1v) is 10.9. The van der Waals surface area contributed by atoms with Crippen LogP contribution in [0.15, 0.2) is 30.3 Å². The Morgan fingerprint density at radius 2 is 1.97 bits per heavy atom. The van der Waals surface area contributed by atoms with Gasteiger partial charge in [-0.3, -0.25) is 4.79 Å². The number of anilines is 1. The van der Waals surface area contributed by atoms with Gasteiger partial charge in [0.25, 0.3) is 5.91 Å². The summed E-state index contributed by atoms with van der Waals surface area (Å²) >= 11 is 0. The van der Waals surface area contributed by atoms with E-state index in [1.807, 2.05) is 30.3 Å². The first-order valence-electron chi connectivity index (χ1n) is 10.9. The molecule has 2 atom stereocenters. The lowest BCUT2D eigenvalue weighted by Gasteiger charge is -2.46. The zero-order valence-corrected chi connectivity index (χ0v) is 17.0. The first kappa shape index (κ1) is 19.5. The molecule has 0 unspecified atom stereocenters. The van der Waals surface area contributed by atoms with Crippen LogP contribution < -0.4 is 10.2 Å². The van der Waals surface area contributed by atoms with Crippen LogP contribution in [0.25, 0.3) is 0 Å². The number of nitrogens with zero attached hydrogens (tertiary/aromatic N) is 3. The van der Waals surface area contributed by atoms with Gasteiger partial charge in [-0.2, -0.15) is 0 Å². The minimum absolute atomic E-state index is 0.108. The van der Waals surface area contributed by atoms with Crippen LogP contribution in [-0.4, -0.2) is 58.4 Å². The van der Waals surface area contributed by atoms with E-state index in [1.165, 1.54) is 0 Å². The molecule has 2 aliphatic heterocycles. The largest absolute Gasteiger partial charge is 0.396 e. The molecule has 5 rings (SSSR count). The molecular weight excluding hydrogens is 380 g/mol. The van der Waals surface area contributed by atoms with Crippen molar-refractivity contribution in [3.8, 4) is 0 Å². The molecule has 1 saturated heterocycles. The topological polar surface area (TPSA) is 98.6 Å².